The average Bonchev–Trinajstić information content (AvgIpc) is 2.71. The highest BCUT2D eigenvalue weighted by Gasteiger charge is 2.42. The molecule has 0 bridgehead atoms. The van der Waals surface area contributed by atoms with Gasteiger partial charge < -0.3 is 20.1 Å². The van der Waals surface area contributed by atoms with Crippen molar-refractivity contribution in [2.75, 3.05) is 19.7 Å². The van der Waals surface area contributed by atoms with Crippen molar-refractivity contribution in [3.63, 3.8) is 0 Å². The number of rotatable bonds is 3. The van der Waals surface area contributed by atoms with Gasteiger partial charge in [-0.15, -0.1) is 0 Å². The summed E-state index contributed by atoms with van der Waals surface area (Å²) in [5.41, 5.74) is -0.243. The Morgan fingerprint density at radius 2 is 2.05 bits per heavy atom. The summed E-state index contributed by atoms with van der Waals surface area (Å²) < 4.78 is 11.9. The molecule has 0 aliphatic carbocycles. The Kier molecular flexibility index (Phi) is 4.72. The van der Waals surface area contributed by atoms with Gasteiger partial charge in [-0.2, -0.15) is 0 Å². The van der Waals surface area contributed by atoms with E-state index in [-0.39, 0.29) is 23.2 Å². The molecular weight excluding hydrogens is 256 g/mol. The van der Waals surface area contributed by atoms with Gasteiger partial charge in [0.1, 0.15) is 6.10 Å². The second kappa shape index (κ2) is 6.00. The summed E-state index contributed by atoms with van der Waals surface area (Å²) in [6.07, 6.45) is 2.58. The molecule has 2 heterocycles. The highest BCUT2D eigenvalue weighted by Crippen LogP contribution is 2.35. The molecule has 0 radical (unpaired) electrons. The van der Waals surface area contributed by atoms with Crippen molar-refractivity contribution < 1.29 is 14.3 Å². The van der Waals surface area contributed by atoms with E-state index >= 15 is 0 Å². The summed E-state index contributed by atoms with van der Waals surface area (Å²) in [4.78, 5) is 12.0. The maximum absolute atomic E-state index is 12.0. The van der Waals surface area contributed by atoms with Gasteiger partial charge in [-0.3, -0.25) is 4.79 Å². The van der Waals surface area contributed by atoms with Gasteiger partial charge in [-0.1, -0.05) is 0 Å². The van der Waals surface area contributed by atoms with Crippen LogP contribution < -0.4 is 10.6 Å². The molecule has 0 aromatic heterocycles. The lowest BCUT2D eigenvalue weighted by atomic mass is 9.89. The Bertz CT molecular complexity index is 346. The minimum absolute atomic E-state index is 0.0177. The molecule has 20 heavy (non-hydrogen) atoms. The lowest BCUT2D eigenvalue weighted by Gasteiger charge is -2.33. The Morgan fingerprint density at radius 1 is 1.40 bits per heavy atom. The minimum atomic E-state index is -0.431. The summed E-state index contributed by atoms with van der Waals surface area (Å²) in [5, 5.41) is 6.30. The predicted molar refractivity (Wildman–Crippen MR) is 77.6 cm³/mol. The standard InChI is InChI=1S/C15H28N2O3/c1-11(13(18)17-14(2,3)4)20-12-9-15(19-10-12)5-7-16-8-6-15/h11-12,16H,5-10H2,1-4H3,(H,17,18). The van der Waals surface area contributed by atoms with E-state index in [1.807, 2.05) is 27.7 Å². The number of piperidine rings is 1. The van der Waals surface area contributed by atoms with Gasteiger partial charge in [-0.25, -0.2) is 0 Å². The van der Waals surface area contributed by atoms with Gasteiger partial charge in [-0.05, 0) is 53.6 Å². The molecule has 0 aromatic rings. The molecule has 2 saturated heterocycles. The SMILES string of the molecule is CC(OC1COC2(CCNCC2)C1)C(=O)NC(C)(C)C. The highest BCUT2D eigenvalue weighted by atomic mass is 16.6. The van der Waals surface area contributed by atoms with Gasteiger partial charge >= 0.3 is 0 Å². The normalized spacial score (nSPS) is 27.5. The zero-order chi connectivity index (χ0) is 14.8. The van der Waals surface area contributed by atoms with Crippen LogP contribution >= 0.6 is 0 Å². The first-order valence-corrected chi connectivity index (χ1v) is 7.62. The van der Waals surface area contributed by atoms with Crippen molar-refractivity contribution in [2.45, 2.75) is 70.3 Å². The van der Waals surface area contributed by atoms with Crippen molar-refractivity contribution in [1.29, 1.82) is 0 Å². The second-order valence-corrected chi connectivity index (χ2v) is 7.09. The molecule has 5 heteroatoms. The van der Waals surface area contributed by atoms with Crippen LogP contribution in [0.25, 0.3) is 0 Å². The van der Waals surface area contributed by atoms with Crippen LogP contribution in [-0.2, 0) is 14.3 Å². The molecule has 116 valence electrons. The van der Waals surface area contributed by atoms with Crippen molar-refractivity contribution in [3.8, 4) is 0 Å². The number of carbonyl (C=O) groups is 1. The molecule has 2 rings (SSSR count). The molecule has 0 saturated carbocycles. The average molecular weight is 284 g/mol. The molecule has 2 atom stereocenters. The monoisotopic (exact) mass is 284 g/mol. The minimum Gasteiger partial charge on any atom is -0.372 e. The zero-order valence-electron chi connectivity index (χ0n) is 13.1. The summed E-state index contributed by atoms with van der Waals surface area (Å²) >= 11 is 0. The lowest BCUT2D eigenvalue weighted by molar-refractivity contribution is -0.136. The Labute approximate surface area is 121 Å². The number of amides is 1. The van der Waals surface area contributed by atoms with Crippen LogP contribution in [0.5, 0.6) is 0 Å². The van der Waals surface area contributed by atoms with E-state index in [1.54, 1.807) is 0 Å². The van der Waals surface area contributed by atoms with Gasteiger partial charge in [0.05, 0.1) is 18.3 Å². The quantitative estimate of drug-likeness (QED) is 0.818. The molecule has 2 aliphatic heterocycles. The third kappa shape index (κ3) is 4.17. The molecule has 2 fully saturated rings. The summed E-state index contributed by atoms with van der Waals surface area (Å²) in [7, 11) is 0. The molecule has 5 nitrogen and oxygen atoms in total. The first-order valence-electron chi connectivity index (χ1n) is 7.62. The Balaban J connectivity index is 1.81. The fourth-order valence-electron chi connectivity index (χ4n) is 2.94. The predicted octanol–water partition coefficient (Wildman–Crippen LogP) is 1.22. The summed E-state index contributed by atoms with van der Waals surface area (Å²) in [6, 6.07) is 0. The van der Waals surface area contributed by atoms with E-state index in [1.165, 1.54) is 0 Å². The van der Waals surface area contributed by atoms with E-state index in [4.69, 9.17) is 9.47 Å². The molecule has 1 spiro atoms. The fraction of sp³-hybridized carbons (Fsp3) is 0.933. The second-order valence-electron chi connectivity index (χ2n) is 7.09. The van der Waals surface area contributed by atoms with Crippen molar-refractivity contribution in [1.82, 2.24) is 10.6 Å². The van der Waals surface area contributed by atoms with Crippen LogP contribution in [0.3, 0.4) is 0 Å². The molecule has 2 aliphatic rings. The largest absolute Gasteiger partial charge is 0.372 e. The Morgan fingerprint density at radius 3 is 2.65 bits per heavy atom. The van der Waals surface area contributed by atoms with Crippen molar-refractivity contribution in [2.24, 2.45) is 0 Å². The van der Waals surface area contributed by atoms with Crippen LogP contribution in [0, 0.1) is 0 Å². The lowest BCUT2D eigenvalue weighted by Crippen LogP contribution is -2.46. The van der Waals surface area contributed by atoms with Gasteiger partial charge in [0.25, 0.3) is 0 Å². The smallest absolute Gasteiger partial charge is 0.249 e. The van der Waals surface area contributed by atoms with E-state index < -0.39 is 6.10 Å². The molecule has 2 unspecified atom stereocenters. The van der Waals surface area contributed by atoms with Crippen LogP contribution in [0.1, 0.15) is 47.0 Å². The van der Waals surface area contributed by atoms with Crippen LogP contribution in [-0.4, -0.2) is 49.0 Å². The number of nitrogens with one attached hydrogen (secondary N) is 2. The van der Waals surface area contributed by atoms with E-state index in [0.717, 1.165) is 32.4 Å². The first-order chi connectivity index (χ1) is 9.30. The number of ether oxygens (including phenoxy) is 2. The molecule has 0 aromatic carbocycles. The van der Waals surface area contributed by atoms with E-state index in [0.29, 0.717) is 6.61 Å². The highest BCUT2D eigenvalue weighted by molar-refractivity contribution is 5.81. The maximum atomic E-state index is 12.0. The zero-order valence-corrected chi connectivity index (χ0v) is 13.1. The van der Waals surface area contributed by atoms with E-state index in [9.17, 15) is 4.79 Å². The fourth-order valence-corrected chi connectivity index (χ4v) is 2.94. The van der Waals surface area contributed by atoms with Gasteiger partial charge in [0.2, 0.25) is 5.91 Å². The number of hydrogen-bond acceptors (Lipinski definition) is 4. The van der Waals surface area contributed by atoms with Crippen LogP contribution in [0.2, 0.25) is 0 Å². The van der Waals surface area contributed by atoms with Crippen LogP contribution in [0.15, 0.2) is 0 Å². The molecular formula is C15H28N2O3. The third-order valence-electron chi connectivity index (χ3n) is 3.95. The van der Waals surface area contributed by atoms with Gasteiger partial charge in [0.15, 0.2) is 0 Å². The van der Waals surface area contributed by atoms with Gasteiger partial charge in [0, 0.05) is 12.0 Å². The molecule has 2 N–H and O–H groups in total. The third-order valence-corrected chi connectivity index (χ3v) is 3.95. The van der Waals surface area contributed by atoms with E-state index in [2.05, 4.69) is 10.6 Å². The summed E-state index contributed by atoms with van der Waals surface area (Å²) in [5.74, 6) is -0.0521. The van der Waals surface area contributed by atoms with Crippen LogP contribution in [0.4, 0.5) is 0 Å². The first kappa shape index (κ1) is 15.7. The van der Waals surface area contributed by atoms with Crippen molar-refractivity contribution in [3.05, 3.63) is 0 Å². The topological polar surface area (TPSA) is 59.6 Å². The molecule has 1 amide bonds. The van der Waals surface area contributed by atoms with Crippen molar-refractivity contribution >= 4 is 5.91 Å². The number of carbonyl (C=O) groups excluding carboxylic acids is 1. The Hall–Kier alpha value is -0.650. The maximum Gasteiger partial charge on any atom is 0.249 e. The number of hydrogen-bond donors (Lipinski definition) is 2. The summed E-state index contributed by atoms with van der Waals surface area (Å²) in [6.45, 7) is 10.3.